The SMILES string of the molecule is CC(c1ccccc1)N1CCC(CC(CO)NC(=O)[C@H](CC2CCCCC2)NC(=O)OCc2cccc(Cl)c2)C1=O. The zero-order chi connectivity index (χ0) is 29.2. The molecule has 2 aliphatic rings. The number of benzene rings is 2. The van der Waals surface area contributed by atoms with Gasteiger partial charge in [0.2, 0.25) is 11.8 Å². The first-order chi connectivity index (χ1) is 19.8. The van der Waals surface area contributed by atoms with Crippen LogP contribution in [-0.2, 0) is 20.9 Å². The Morgan fingerprint density at radius 2 is 1.78 bits per heavy atom. The normalized spacial score (nSPS) is 19.8. The molecular formula is C32H42ClN3O5. The average Bonchev–Trinajstić information content (AvgIpc) is 3.35. The Balaban J connectivity index is 1.35. The maximum atomic E-state index is 13.4. The van der Waals surface area contributed by atoms with Crippen LogP contribution in [0, 0.1) is 11.8 Å². The molecule has 1 heterocycles. The van der Waals surface area contributed by atoms with E-state index < -0.39 is 18.2 Å². The second-order valence-electron chi connectivity index (χ2n) is 11.4. The minimum absolute atomic E-state index is 0.0329. The Kier molecular flexibility index (Phi) is 11.5. The molecule has 2 aromatic carbocycles. The largest absolute Gasteiger partial charge is 0.445 e. The summed E-state index contributed by atoms with van der Waals surface area (Å²) in [5.74, 6) is -0.291. The molecule has 3 unspecified atom stereocenters. The molecule has 1 aliphatic carbocycles. The van der Waals surface area contributed by atoms with E-state index in [1.54, 1.807) is 18.2 Å². The number of rotatable bonds is 12. The fourth-order valence-electron chi connectivity index (χ4n) is 6.05. The van der Waals surface area contributed by atoms with Gasteiger partial charge in [-0.3, -0.25) is 9.59 Å². The molecule has 1 saturated heterocycles. The fourth-order valence-corrected chi connectivity index (χ4v) is 6.26. The van der Waals surface area contributed by atoms with Crippen molar-refractivity contribution in [2.24, 2.45) is 11.8 Å². The number of likely N-dealkylation sites (tertiary alicyclic amines) is 1. The number of ether oxygens (including phenoxy) is 1. The zero-order valence-corrected chi connectivity index (χ0v) is 24.5. The van der Waals surface area contributed by atoms with Gasteiger partial charge in [0.05, 0.1) is 18.7 Å². The van der Waals surface area contributed by atoms with Gasteiger partial charge < -0.3 is 25.4 Å². The Hall–Kier alpha value is -3.10. The summed E-state index contributed by atoms with van der Waals surface area (Å²) in [5.41, 5.74) is 1.82. The molecule has 0 spiro atoms. The molecule has 2 fully saturated rings. The van der Waals surface area contributed by atoms with Crippen LogP contribution in [-0.4, -0.2) is 53.1 Å². The predicted octanol–water partition coefficient (Wildman–Crippen LogP) is 5.38. The molecule has 3 amide bonds. The lowest BCUT2D eigenvalue weighted by Gasteiger charge is -2.28. The summed E-state index contributed by atoms with van der Waals surface area (Å²) < 4.78 is 5.39. The first-order valence-electron chi connectivity index (χ1n) is 14.8. The van der Waals surface area contributed by atoms with E-state index in [1.807, 2.05) is 48.2 Å². The number of hydrogen-bond acceptors (Lipinski definition) is 5. The van der Waals surface area contributed by atoms with Gasteiger partial charge in [-0.25, -0.2) is 4.79 Å². The number of aliphatic hydroxyl groups is 1. The summed E-state index contributed by atoms with van der Waals surface area (Å²) in [6.07, 6.45) is 6.26. The molecule has 1 aliphatic heterocycles. The second-order valence-corrected chi connectivity index (χ2v) is 11.8. The molecule has 4 atom stereocenters. The molecule has 222 valence electrons. The van der Waals surface area contributed by atoms with E-state index in [0.29, 0.717) is 36.7 Å². The molecule has 0 aromatic heterocycles. The van der Waals surface area contributed by atoms with E-state index in [4.69, 9.17) is 16.3 Å². The lowest BCUT2D eigenvalue weighted by Crippen LogP contribution is -2.52. The highest BCUT2D eigenvalue weighted by molar-refractivity contribution is 6.30. The van der Waals surface area contributed by atoms with Crippen LogP contribution < -0.4 is 10.6 Å². The number of carbonyl (C=O) groups excluding carboxylic acids is 3. The van der Waals surface area contributed by atoms with Gasteiger partial charge in [-0.2, -0.15) is 0 Å². The summed E-state index contributed by atoms with van der Waals surface area (Å²) in [7, 11) is 0. The van der Waals surface area contributed by atoms with Crippen LogP contribution in [0.5, 0.6) is 0 Å². The second kappa shape index (κ2) is 15.2. The number of amides is 3. The van der Waals surface area contributed by atoms with Crippen LogP contribution in [0.2, 0.25) is 5.02 Å². The average molecular weight is 584 g/mol. The smallest absolute Gasteiger partial charge is 0.408 e. The standard InChI is InChI=1S/C32H42ClN3O5/c1-22(25-12-6-3-7-13-25)36-16-15-26(31(36)39)19-28(20-37)34-30(38)29(18-23-9-4-2-5-10-23)35-32(40)41-21-24-11-8-14-27(33)17-24/h3,6-8,11-14,17,22-23,26,28-29,37H,2,4-5,9-10,15-16,18-21H2,1H3,(H,34,38)(H,35,40)/t22?,26?,28?,29-/m0/s1. The Morgan fingerprint density at radius 1 is 1.02 bits per heavy atom. The van der Waals surface area contributed by atoms with Gasteiger partial charge >= 0.3 is 6.09 Å². The quantitative estimate of drug-likeness (QED) is 0.311. The third kappa shape index (κ3) is 8.94. The summed E-state index contributed by atoms with van der Waals surface area (Å²) in [5, 5.41) is 16.4. The van der Waals surface area contributed by atoms with Gasteiger partial charge in [-0.05, 0) is 55.4 Å². The van der Waals surface area contributed by atoms with Gasteiger partial charge in [0.1, 0.15) is 12.6 Å². The van der Waals surface area contributed by atoms with Crippen LogP contribution in [0.3, 0.4) is 0 Å². The molecule has 3 N–H and O–H groups in total. The minimum atomic E-state index is -0.798. The van der Waals surface area contributed by atoms with Crippen molar-refractivity contribution in [1.82, 2.24) is 15.5 Å². The van der Waals surface area contributed by atoms with Crippen molar-refractivity contribution in [3.63, 3.8) is 0 Å². The molecular weight excluding hydrogens is 542 g/mol. The van der Waals surface area contributed by atoms with Crippen LogP contribution in [0.15, 0.2) is 54.6 Å². The molecule has 4 rings (SSSR count). The van der Waals surface area contributed by atoms with Crippen molar-refractivity contribution in [3.05, 3.63) is 70.7 Å². The highest BCUT2D eigenvalue weighted by atomic mass is 35.5. The zero-order valence-electron chi connectivity index (χ0n) is 23.8. The highest BCUT2D eigenvalue weighted by Crippen LogP contribution is 2.31. The number of nitrogens with one attached hydrogen (secondary N) is 2. The number of alkyl carbamates (subject to hydrolysis) is 1. The number of hydrogen-bond donors (Lipinski definition) is 3. The van der Waals surface area contributed by atoms with Gasteiger partial charge in [0.25, 0.3) is 0 Å². The van der Waals surface area contributed by atoms with Gasteiger partial charge in [-0.1, -0.05) is 86.2 Å². The molecule has 1 saturated carbocycles. The van der Waals surface area contributed by atoms with Gasteiger partial charge in [-0.15, -0.1) is 0 Å². The van der Waals surface area contributed by atoms with E-state index in [2.05, 4.69) is 10.6 Å². The van der Waals surface area contributed by atoms with Crippen molar-refractivity contribution in [2.75, 3.05) is 13.2 Å². The lowest BCUT2D eigenvalue weighted by molar-refractivity contribution is -0.133. The van der Waals surface area contributed by atoms with Crippen LogP contribution in [0.25, 0.3) is 0 Å². The topological polar surface area (TPSA) is 108 Å². The molecule has 41 heavy (non-hydrogen) atoms. The van der Waals surface area contributed by atoms with E-state index in [9.17, 15) is 19.5 Å². The molecule has 8 nitrogen and oxygen atoms in total. The van der Waals surface area contributed by atoms with Gasteiger partial charge in [0, 0.05) is 17.5 Å². The Bertz CT molecular complexity index is 1160. The summed E-state index contributed by atoms with van der Waals surface area (Å²) in [6, 6.07) is 15.5. The molecule has 0 radical (unpaired) electrons. The third-order valence-electron chi connectivity index (χ3n) is 8.40. The maximum Gasteiger partial charge on any atom is 0.408 e. The van der Waals surface area contributed by atoms with E-state index in [-0.39, 0.29) is 37.0 Å². The summed E-state index contributed by atoms with van der Waals surface area (Å²) >= 11 is 6.02. The lowest BCUT2D eigenvalue weighted by atomic mass is 9.84. The monoisotopic (exact) mass is 583 g/mol. The van der Waals surface area contributed by atoms with Crippen LogP contribution in [0.1, 0.15) is 75.5 Å². The summed E-state index contributed by atoms with van der Waals surface area (Å²) in [6.45, 7) is 2.40. The number of halogens is 1. The number of aliphatic hydroxyl groups excluding tert-OH is 1. The van der Waals surface area contributed by atoms with E-state index in [0.717, 1.165) is 36.8 Å². The first-order valence-corrected chi connectivity index (χ1v) is 15.2. The number of carbonyl (C=O) groups is 3. The molecule has 2 aromatic rings. The van der Waals surface area contributed by atoms with Gasteiger partial charge in [0.15, 0.2) is 0 Å². The molecule has 9 heteroatoms. The van der Waals surface area contributed by atoms with Crippen molar-refractivity contribution in [1.29, 1.82) is 0 Å². The first kappa shape index (κ1) is 30.8. The van der Waals surface area contributed by atoms with Crippen molar-refractivity contribution < 1.29 is 24.2 Å². The third-order valence-corrected chi connectivity index (χ3v) is 8.63. The van der Waals surface area contributed by atoms with Crippen molar-refractivity contribution in [2.45, 2.75) is 83.0 Å². The minimum Gasteiger partial charge on any atom is -0.445 e. The maximum absolute atomic E-state index is 13.4. The Morgan fingerprint density at radius 3 is 2.49 bits per heavy atom. The van der Waals surface area contributed by atoms with Crippen LogP contribution >= 0.6 is 11.6 Å². The van der Waals surface area contributed by atoms with Crippen molar-refractivity contribution in [3.8, 4) is 0 Å². The predicted molar refractivity (Wildman–Crippen MR) is 158 cm³/mol. The number of nitrogens with zero attached hydrogens (tertiary/aromatic N) is 1. The summed E-state index contributed by atoms with van der Waals surface area (Å²) in [4.78, 5) is 41.3. The van der Waals surface area contributed by atoms with Crippen molar-refractivity contribution >= 4 is 29.5 Å². The fraction of sp³-hybridized carbons (Fsp3) is 0.531. The van der Waals surface area contributed by atoms with E-state index >= 15 is 0 Å². The molecule has 0 bridgehead atoms. The van der Waals surface area contributed by atoms with Crippen LogP contribution in [0.4, 0.5) is 4.79 Å². The van der Waals surface area contributed by atoms with E-state index in [1.165, 1.54) is 6.42 Å². The Labute approximate surface area is 247 Å². The highest BCUT2D eigenvalue weighted by Gasteiger charge is 2.37.